The molecule has 1 aromatic rings. The maximum Gasteiger partial charge on any atom is 0.408 e. The first-order valence-electron chi connectivity index (χ1n) is 12.0. The van der Waals surface area contributed by atoms with Crippen LogP contribution in [0.15, 0.2) is 30.3 Å². The van der Waals surface area contributed by atoms with E-state index in [1.807, 2.05) is 30.3 Å². The van der Waals surface area contributed by atoms with Crippen molar-refractivity contribution >= 4 is 17.9 Å². The number of alkyl carbamates (subject to hydrolysis) is 1. The third-order valence-electron chi connectivity index (χ3n) is 5.76. The van der Waals surface area contributed by atoms with Crippen LogP contribution in [0.4, 0.5) is 4.79 Å². The Labute approximate surface area is 201 Å². The van der Waals surface area contributed by atoms with Gasteiger partial charge in [0.25, 0.3) is 5.91 Å². The molecule has 0 bridgehead atoms. The fraction of sp³-hybridized carbons (Fsp3) is 0.640. The van der Waals surface area contributed by atoms with Crippen LogP contribution in [0.3, 0.4) is 0 Å². The minimum absolute atomic E-state index is 0.190. The number of hydrogen-bond acceptors (Lipinski definition) is 6. The number of ether oxygens (including phenoxy) is 1. The second-order valence-corrected chi connectivity index (χ2v) is 9.88. The van der Waals surface area contributed by atoms with Crippen molar-refractivity contribution in [2.45, 2.75) is 83.1 Å². The zero-order valence-electron chi connectivity index (χ0n) is 20.4. The van der Waals surface area contributed by atoms with Crippen molar-refractivity contribution in [3.05, 3.63) is 35.9 Å². The SMILES string of the molecule is CC(C)(C)OC(=O)N[C@@H](CO)C(=O)N[C@@H](Cc1ccccc1)[C@H](O)C(=O)NCC1CCCCC1. The van der Waals surface area contributed by atoms with Gasteiger partial charge in [0.05, 0.1) is 12.6 Å². The summed E-state index contributed by atoms with van der Waals surface area (Å²) in [6, 6.07) is 6.88. The molecule has 1 aromatic carbocycles. The first kappa shape index (κ1) is 27.6. The number of amides is 3. The molecule has 0 saturated heterocycles. The molecule has 1 saturated carbocycles. The number of rotatable bonds is 10. The third-order valence-corrected chi connectivity index (χ3v) is 5.76. The molecule has 0 aliphatic heterocycles. The van der Waals surface area contributed by atoms with Gasteiger partial charge < -0.3 is 30.9 Å². The van der Waals surface area contributed by atoms with E-state index in [0.29, 0.717) is 12.5 Å². The van der Waals surface area contributed by atoms with Crippen molar-refractivity contribution in [1.82, 2.24) is 16.0 Å². The first-order valence-corrected chi connectivity index (χ1v) is 12.0. The Kier molecular flexibility index (Phi) is 10.8. The Morgan fingerprint density at radius 1 is 1.03 bits per heavy atom. The summed E-state index contributed by atoms with van der Waals surface area (Å²) in [4.78, 5) is 37.6. The number of aliphatic hydroxyl groups is 2. The molecule has 0 spiro atoms. The highest BCUT2D eigenvalue weighted by atomic mass is 16.6. The maximum absolute atomic E-state index is 12.8. The molecule has 1 aliphatic rings. The fourth-order valence-corrected chi connectivity index (χ4v) is 3.96. The normalized spacial score (nSPS) is 17.2. The lowest BCUT2D eigenvalue weighted by Gasteiger charge is -2.28. The van der Waals surface area contributed by atoms with Crippen LogP contribution in [0.2, 0.25) is 0 Å². The Morgan fingerprint density at radius 2 is 1.68 bits per heavy atom. The molecule has 0 radical (unpaired) electrons. The van der Waals surface area contributed by atoms with Gasteiger partial charge in [-0.1, -0.05) is 49.6 Å². The molecule has 3 atom stereocenters. The average Bonchev–Trinajstić information content (AvgIpc) is 2.80. The molecule has 0 aromatic heterocycles. The molecular formula is C25H39N3O6. The van der Waals surface area contributed by atoms with Crippen LogP contribution in [-0.4, -0.2) is 65.1 Å². The molecule has 2 rings (SSSR count). The van der Waals surface area contributed by atoms with Gasteiger partial charge in [-0.15, -0.1) is 0 Å². The number of hydrogen-bond donors (Lipinski definition) is 5. The van der Waals surface area contributed by atoms with E-state index in [1.54, 1.807) is 20.8 Å². The van der Waals surface area contributed by atoms with E-state index in [1.165, 1.54) is 6.42 Å². The zero-order chi connectivity index (χ0) is 25.1. The number of benzene rings is 1. The van der Waals surface area contributed by atoms with E-state index < -0.39 is 48.3 Å². The minimum Gasteiger partial charge on any atom is -0.444 e. The summed E-state index contributed by atoms with van der Waals surface area (Å²) in [5.41, 5.74) is 0.0378. The second-order valence-electron chi connectivity index (χ2n) is 9.88. The smallest absolute Gasteiger partial charge is 0.408 e. The van der Waals surface area contributed by atoms with Gasteiger partial charge in [-0.25, -0.2) is 4.79 Å². The third kappa shape index (κ3) is 9.69. The molecule has 9 heteroatoms. The van der Waals surface area contributed by atoms with Crippen LogP contribution < -0.4 is 16.0 Å². The molecule has 1 aliphatic carbocycles. The van der Waals surface area contributed by atoms with Crippen molar-refractivity contribution in [3.8, 4) is 0 Å². The predicted molar refractivity (Wildman–Crippen MR) is 128 cm³/mol. The minimum atomic E-state index is -1.51. The van der Waals surface area contributed by atoms with Crippen LogP contribution >= 0.6 is 0 Å². The topological polar surface area (TPSA) is 137 Å². The number of carbonyl (C=O) groups excluding carboxylic acids is 3. The lowest BCUT2D eigenvalue weighted by atomic mass is 9.89. The summed E-state index contributed by atoms with van der Waals surface area (Å²) in [7, 11) is 0. The number of nitrogens with one attached hydrogen (secondary N) is 3. The average molecular weight is 478 g/mol. The maximum atomic E-state index is 12.8. The highest BCUT2D eigenvalue weighted by Crippen LogP contribution is 2.22. The number of aliphatic hydroxyl groups excluding tert-OH is 2. The second kappa shape index (κ2) is 13.3. The van der Waals surface area contributed by atoms with E-state index >= 15 is 0 Å². The van der Waals surface area contributed by atoms with Crippen LogP contribution in [0, 0.1) is 5.92 Å². The van der Waals surface area contributed by atoms with Crippen LogP contribution in [0.1, 0.15) is 58.4 Å². The van der Waals surface area contributed by atoms with Crippen LogP contribution in [0.25, 0.3) is 0 Å². The molecule has 0 unspecified atom stereocenters. The van der Waals surface area contributed by atoms with Crippen molar-refractivity contribution in [2.24, 2.45) is 5.92 Å². The van der Waals surface area contributed by atoms with Crippen LogP contribution in [-0.2, 0) is 20.7 Å². The van der Waals surface area contributed by atoms with Gasteiger partial charge in [0.1, 0.15) is 11.6 Å². The quantitative estimate of drug-likeness (QED) is 0.348. The molecular weight excluding hydrogens is 438 g/mol. The van der Waals surface area contributed by atoms with Crippen molar-refractivity contribution in [1.29, 1.82) is 0 Å². The van der Waals surface area contributed by atoms with E-state index in [0.717, 1.165) is 31.2 Å². The molecule has 1 fully saturated rings. The van der Waals surface area contributed by atoms with Gasteiger partial charge in [-0.3, -0.25) is 9.59 Å². The van der Waals surface area contributed by atoms with E-state index in [2.05, 4.69) is 16.0 Å². The molecule has 0 heterocycles. The van der Waals surface area contributed by atoms with Gasteiger partial charge in [0.15, 0.2) is 6.10 Å². The summed E-state index contributed by atoms with van der Waals surface area (Å²) in [6.07, 6.45) is 3.42. The predicted octanol–water partition coefficient (Wildman–Crippen LogP) is 1.66. The van der Waals surface area contributed by atoms with Crippen molar-refractivity contribution in [2.75, 3.05) is 13.2 Å². The van der Waals surface area contributed by atoms with Gasteiger partial charge >= 0.3 is 6.09 Å². The lowest BCUT2D eigenvalue weighted by molar-refractivity contribution is -0.133. The largest absolute Gasteiger partial charge is 0.444 e. The van der Waals surface area contributed by atoms with Gasteiger partial charge in [0.2, 0.25) is 5.91 Å². The Morgan fingerprint density at radius 3 is 2.26 bits per heavy atom. The highest BCUT2D eigenvalue weighted by Gasteiger charge is 2.31. The summed E-state index contributed by atoms with van der Waals surface area (Å²) in [6.45, 7) is 4.85. The Hall–Kier alpha value is -2.65. The molecule has 9 nitrogen and oxygen atoms in total. The van der Waals surface area contributed by atoms with E-state index in [4.69, 9.17) is 4.74 Å². The highest BCUT2D eigenvalue weighted by molar-refractivity contribution is 5.87. The van der Waals surface area contributed by atoms with E-state index in [9.17, 15) is 24.6 Å². The van der Waals surface area contributed by atoms with Crippen molar-refractivity contribution < 1.29 is 29.3 Å². The van der Waals surface area contributed by atoms with Gasteiger partial charge in [-0.2, -0.15) is 0 Å². The fourth-order valence-electron chi connectivity index (χ4n) is 3.96. The molecule has 34 heavy (non-hydrogen) atoms. The van der Waals surface area contributed by atoms with Crippen molar-refractivity contribution in [3.63, 3.8) is 0 Å². The first-order chi connectivity index (χ1) is 16.1. The molecule has 3 amide bonds. The molecule has 190 valence electrons. The lowest BCUT2D eigenvalue weighted by Crippen LogP contribution is -2.57. The van der Waals surface area contributed by atoms with Crippen LogP contribution in [0.5, 0.6) is 0 Å². The Balaban J connectivity index is 2.05. The zero-order valence-corrected chi connectivity index (χ0v) is 20.4. The van der Waals surface area contributed by atoms with E-state index in [-0.39, 0.29) is 6.42 Å². The van der Waals surface area contributed by atoms with Gasteiger partial charge in [-0.05, 0) is 51.5 Å². The molecule has 5 N–H and O–H groups in total. The number of carbonyl (C=O) groups is 3. The summed E-state index contributed by atoms with van der Waals surface area (Å²) >= 11 is 0. The van der Waals surface area contributed by atoms with Gasteiger partial charge in [0, 0.05) is 6.54 Å². The summed E-state index contributed by atoms with van der Waals surface area (Å²) in [5, 5.41) is 28.2. The summed E-state index contributed by atoms with van der Waals surface area (Å²) in [5.74, 6) is -0.898. The summed E-state index contributed by atoms with van der Waals surface area (Å²) < 4.78 is 5.14. The Bertz CT molecular complexity index is 790. The monoisotopic (exact) mass is 477 g/mol. The standard InChI is InChI=1S/C25H39N3O6/c1-25(2,3)34-24(33)28-20(16-29)22(31)27-19(14-17-10-6-4-7-11-17)21(30)23(32)26-15-18-12-8-5-9-13-18/h4,6-7,10-11,18-21,29-30H,5,8-9,12-16H2,1-3H3,(H,26,32)(H,27,31)(H,28,33)/t19-,20-,21-/m0/s1.